The van der Waals surface area contributed by atoms with Crippen LogP contribution in [0.1, 0.15) is 24.2 Å². The molecule has 1 amide bonds. The highest BCUT2D eigenvalue weighted by molar-refractivity contribution is 6.30. The first kappa shape index (κ1) is 13.8. The number of carbonyl (C=O) groups is 1. The summed E-state index contributed by atoms with van der Waals surface area (Å²) < 4.78 is 0. The molecule has 1 atom stereocenters. The van der Waals surface area contributed by atoms with Gasteiger partial charge in [-0.2, -0.15) is 0 Å². The molecule has 1 rings (SSSR count). The van der Waals surface area contributed by atoms with Crippen molar-refractivity contribution in [2.45, 2.75) is 20.0 Å². The molecule has 0 aliphatic carbocycles. The first-order chi connectivity index (χ1) is 7.91. The van der Waals surface area contributed by atoms with Crippen LogP contribution in [0, 0.1) is 5.92 Å². The molecule has 0 fully saturated rings. The summed E-state index contributed by atoms with van der Waals surface area (Å²) in [4.78, 5) is 11.7. The highest BCUT2D eigenvalue weighted by atomic mass is 35.5. The smallest absolute Gasteiger partial charge is 0.255 e. The molecule has 0 bridgehead atoms. The van der Waals surface area contributed by atoms with Crippen LogP contribution in [0.3, 0.4) is 0 Å². The van der Waals surface area contributed by atoms with Crippen molar-refractivity contribution in [1.29, 1.82) is 0 Å². The molecule has 5 heteroatoms. The van der Waals surface area contributed by atoms with Gasteiger partial charge >= 0.3 is 0 Å². The number of rotatable bonds is 4. The molecule has 0 aromatic heterocycles. The van der Waals surface area contributed by atoms with Crippen molar-refractivity contribution in [3.63, 3.8) is 0 Å². The quantitative estimate of drug-likeness (QED) is 0.770. The van der Waals surface area contributed by atoms with Gasteiger partial charge in [0.1, 0.15) is 5.75 Å². The Hall–Kier alpha value is -1.26. The van der Waals surface area contributed by atoms with Crippen molar-refractivity contribution in [2.75, 3.05) is 6.54 Å². The predicted octanol–water partition coefficient (Wildman–Crippen LogP) is 1.79. The fourth-order valence-corrected chi connectivity index (χ4v) is 1.39. The lowest BCUT2D eigenvalue weighted by atomic mass is 10.1. The second kappa shape index (κ2) is 5.89. The summed E-state index contributed by atoms with van der Waals surface area (Å²) in [5.41, 5.74) is 0.144. The van der Waals surface area contributed by atoms with Gasteiger partial charge in [0.15, 0.2) is 0 Å². The van der Waals surface area contributed by atoms with Crippen LogP contribution in [0.4, 0.5) is 0 Å². The maximum absolute atomic E-state index is 11.7. The SMILES string of the molecule is CC(C)C(O)CNC(=O)c1ccc(Cl)cc1O. The normalized spacial score (nSPS) is 12.5. The van der Waals surface area contributed by atoms with Crippen LogP contribution < -0.4 is 5.32 Å². The van der Waals surface area contributed by atoms with Gasteiger partial charge in [0, 0.05) is 11.6 Å². The second-order valence-electron chi connectivity index (χ2n) is 4.18. The van der Waals surface area contributed by atoms with Crippen LogP contribution >= 0.6 is 11.6 Å². The van der Waals surface area contributed by atoms with Gasteiger partial charge < -0.3 is 15.5 Å². The number of amides is 1. The van der Waals surface area contributed by atoms with E-state index in [0.29, 0.717) is 5.02 Å². The van der Waals surface area contributed by atoms with Gasteiger partial charge in [-0.15, -0.1) is 0 Å². The molecule has 0 spiro atoms. The Bertz CT molecular complexity index is 407. The molecule has 4 nitrogen and oxygen atoms in total. The fourth-order valence-electron chi connectivity index (χ4n) is 1.22. The Balaban J connectivity index is 2.64. The van der Waals surface area contributed by atoms with Gasteiger partial charge in [-0.25, -0.2) is 0 Å². The van der Waals surface area contributed by atoms with Crippen molar-refractivity contribution in [3.8, 4) is 5.75 Å². The molecule has 1 aromatic carbocycles. The summed E-state index contributed by atoms with van der Waals surface area (Å²) in [6.45, 7) is 3.87. The van der Waals surface area contributed by atoms with E-state index < -0.39 is 12.0 Å². The van der Waals surface area contributed by atoms with Crippen molar-refractivity contribution >= 4 is 17.5 Å². The lowest BCUT2D eigenvalue weighted by Crippen LogP contribution is -2.34. The fraction of sp³-hybridized carbons (Fsp3) is 0.417. The summed E-state index contributed by atoms with van der Waals surface area (Å²) in [5.74, 6) is -0.540. The average Bonchev–Trinajstić information content (AvgIpc) is 2.25. The maximum atomic E-state index is 11.7. The molecular weight excluding hydrogens is 242 g/mol. The number of hydrogen-bond acceptors (Lipinski definition) is 3. The summed E-state index contributed by atoms with van der Waals surface area (Å²) in [6.07, 6.45) is -0.603. The molecule has 1 aromatic rings. The number of carbonyl (C=O) groups excluding carboxylic acids is 1. The highest BCUT2D eigenvalue weighted by Crippen LogP contribution is 2.21. The van der Waals surface area contributed by atoms with Crippen LogP contribution in [-0.4, -0.2) is 28.8 Å². The van der Waals surface area contributed by atoms with E-state index in [4.69, 9.17) is 11.6 Å². The van der Waals surface area contributed by atoms with Crippen LogP contribution in [0.15, 0.2) is 18.2 Å². The number of nitrogens with one attached hydrogen (secondary N) is 1. The van der Waals surface area contributed by atoms with Gasteiger partial charge in [-0.1, -0.05) is 25.4 Å². The third kappa shape index (κ3) is 3.91. The summed E-state index contributed by atoms with van der Waals surface area (Å²) in [7, 11) is 0. The van der Waals surface area contributed by atoms with Crippen LogP contribution in [0.25, 0.3) is 0 Å². The molecule has 3 N–H and O–H groups in total. The monoisotopic (exact) mass is 257 g/mol. The van der Waals surface area contributed by atoms with Crippen LogP contribution in [0.5, 0.6) is 5.75 Å². The van der Waals surface area contributed by atoms with Gasteiger partial charge in [0.2, 0.25) is 0 Å². The zero-order valence-electron chi connectivity index (χ0n) is 9.77. The molecule has 94 valence electrons. The summed E-state index contributed by atoms with van der Waals surface area (Å²) >= 11 is 5.66. The number of aromatic hydroxyl groups is 1. The third-order valence-electron chi connectivity index (χ3n) is 2.45. The van der Waals surface area contributed by atoms with Gasteiger partial charge in [-0.05, 0) is 24.1 Å². The van der Waals surface area contributed by atoms with Gasteiger partial charge in [-0.3, -0.25) is 4.79 Å². The zero-order valence-corrected chi connectivity index (χ0v) is 10.5. The summed E-state index contributed by atoms with van der Waals surface area (Å²) in [5, 5.41) is 22.0. The maximum Gasteiger partial charge on any atom is 0.255 e. The largest absolute Gasteiger partial charge is 0.507 e. The Morgan fingerprint density at radius 2 is 2.12 bits per heavy atom. The molecule has 17 heavy (non-hydrogen) atoms. The Kier molecular flexibility index (Phi) is 4.78. The number of aliphatic hydroxyl groups is 1. The van der Waals surface area contributed by atoms with E-state index >= 15 is 0 Å². The van der Waals surface area contributed by atoms with Crippen molar-refractivity contribution in [3.05, 3.63) is 28.8 Å². The second-order valence-corrected chi connectivity index (χ2v) is 4.62. The molecule has 0 radical (unpaired) electrons. The number of benzene rings is 1. The molecular formula is C12H16ClNO3. The topological polar surface area (TPSA) is 69.6 Å². The minimum absolute atomic E-state index is 0.0640. The van der Waals surface area contributed by atoms with Crippen molar-refractivity contribution < 1.29 is 15.0 Å². The number of hydrogen-bond donors (Lipinski definition) is 3. The van der Waals surface area contributed by atoms with Crippen LogP contribution in [-0.2, 0) is 0 Å². The van der Waals surface area contributed by atoms with Crippen LogP contribution in [0.2, 0.25) is 5.02 Å². The van der Waals surface area contributed by atoms with E-state index in [2.05, 4.69) is 5.32 Å². The van der Waals surface area contributed by atoms with E-state index in [1.807, 2.05) is 13.8 Å². The van der Waals surface area contributed by atoms with Gasteiger partial charge in [0.05, 0.1) is 11.7 Å². The van der Waals surface area contributed by atoms with E-state index in [0.717, 1.165) is 0 Å². The van der Waals surface area contributed by atoms with E-state index in [9.17, 15) is 15.0 Å². The molecule has 0 aliphatic heterocycles. The molecule has 0 aliphatic rings. The minimum Gasteiger partial charge on any atom is -0.507 e. The van der Waals surface area contributed by atoms with E-state index in [1.54, 1.807) is 0 Å². The summed E-state index contributed by atoms with van der Waals surface area (Å²) in [6, 6.07) is 4.26. The number of phenols is 1. The number of halogens is 1. The highest BCUT2D eigenvalue weighted by Gasteiger charge is 2.14. The standard InChI is InChI=1S/C12H16ClNO3/c1-7(2)11(16)6-14-12(17)9-4-3-8(13)5-10(9)15/h3-5,7,11,15-16H,6H2,1-2H3,(H,14,17). The molecule has 0 saturated heterocycles. The Morgan fingerprint density at radius 3 is 2.65 bits per heavy atom. The Morgan fingerprint density at radius 1 is 1.47 bits per heavy atom. The predicted molar refractivity (Wildman–Crippen MR) is 66.3 cm³/mol. The first-order valence-electron chi connectivity index (χ1n) is 5.36. The number of aliphatic hydroxyl groups excluding tert-OH is 1. The van der Waals surface area contributed by atoms with Gasteiger partial charge in [0.25, 0.3) is 5.91 Å². The van der Waals surface area contributed by atoms with E-state index in [1.165, 1.54) is 18.2 Å². The van der Waals surface area contributed by atoms with Crippen molar-refractivity contribution in [1.82, 2.24) is 5.32 Å². The molecule has 1 unspecified atom stereocenters. The molecule has 0 heterocycles. The van der Waals surface area contributed by atoms with E-state index in [-0.39, 0.29) is 23.8 Å². The number of phenolic OH excluding ortho intramolecular Hbond substituents is 1. The lowest BCUT2D eigenvalue weighted by molar-refractivity contribution is 0.0869. The van der Waals surface area contributed by atoms with Crippen molar-refractivity contribution in [2.24, 2.45) is 5.92 Å². The lowest BCUT2D eigenvalue weighted by Gasteiger charge is -2.15. The average molecular weight is 258 g/mol. The zero-order chi connectivity index (χ0) is 13.0. The Labute approximate surface area is 105 Å². The third-order valence-corrected chi connectivity index (χ3v) is 2.68. The minimum atomic E-state index is -0.603. The first-order valence-corrected chi connectivity index (χ1v) is 5.74. The molecule has 0 saturated carbocycles.